The Morgan fingerprint density at radius 3 is 1.28 bits per heavy atom. The average Bonchev–Trinajstić information content (AvgIpc) is 1.63. The van der Waals surface area contributed by atoms with Crippen LogP contribution in [0.5, 0.6) is 0 Å². The second kappa shape index (κ2) is 32.0. The van der Waals surface area contributed by atoms with Gasteiger partial charge in [-0.1, -0.05) is 43.8 Å². The molecule has 0 radical (unpaired) electrons. The van der Waals surface area contributed by atoms with Gasteiger partial charge in [0, 0.05) is 29.3 Å². The molecule has 98 heavy (non-hydrogen) atoms. The number of aliphatic hydroxyl groups is 4. The fourth-order valence-electron chi connectivity index (χ4n) is 10.1. The number of nitrogens with two attached hydrogens (primary N) is 3. The summed E-state index contributed by atoms with van der Waals surface area (Å²) in [7, 11) is -24.1. The number of esters is 2. The standard InChI is InChI=1S/C26H24N5O8P.C13H20N5O11P3.C12H16N5O6P.CH4.H3N/c27-22-20-23(29-14-28-22)31(15-30-20)24-21(39-26(33)17-9-5-2-6-10-17)18(19(38-24)11-12-40(34,35)36)13-37-25(32)16-7-3-1-4-8-16;14-11-9-12(16-4-15-11)18(5-17-9)13-10(20)7(3-19)8(28-13)1-2-31(24,25)29-32(26,27)6-30(21,22)23;13-10-8-11(15-4-14-10)17(5-16-8)12-9(19)6(3-18)7(23-12)1-2-24(20,21)22;;/h1-12,14-15,18-19,21,24H,13H2,(H2,27,28,29)(H2,34,35,36);1-2,4-5,7-8,10,13,19-20H,3,6H2,(H,24,25)(H,26,27)(H2,14,15,16)(H2,21,22,23);1-2,4-7,9,12,18-19H,3H2,(H2,13,14,15)(H2,20,21,22);1H4;1H3/b12-11+;2*2-1+;;/t18-,19-,21-,24-;7-,8-,10-,13-;6-,7-,9-,12-;;/m111../s1. The average molecular weight is 1470 g/mol. The zero-order valence-corrected chi connectivity index (χ0v) is 54.1. The molecule has 8 aromatic rings. The highest BCUT2D eigenvalue weighted by Gasteiger charge is 2.50. The van der Waals surface area contributed by atoms with E-state index in [0.717, 1.165) is 18.2 Å². The van der Waals surface area contributed by atoms with E-state index >= 15 is 0 Å². The number of ether oxygens (including phenoxy) is 5. The first-order valence-electron chi connectivity index (χ1n) is 27.7. The first-order chi connectivity index (χ1) is 45.3. The van der Waals surface area contributed by atoms with E-state index in [-0.39, 0.29) is 65.5 Å². The molecule has 3 aliphatic rings. The summed E-state index contributed by atoms with van der Waals surface area (Å²) in [6.45, 7) is -1.35. The van der Waals surface area contributed by atoms with E-state index in [2.05, 4.69) is 49.2 Å². The monoisotopic (exact) mass is 1470 g/mol. The topological polar surface area (TPSA) is 661 Å². The van der Waals surface area contributed by atoms with E-state index in [1.165, 1.54) is 51.7 Å². The minimum absolute atomic E-state index is 0. The van der Waals surface area contributed by atoms with E-state index in [1.807, 2.05) is 0 Å². The Balaban J connectivity index is 0.000000211. The van der Waals surface area contributed by atoms with Crippen molar-refractivity contribution in [1.29, 1.82) is 0 Å². The molecule has 9 heterocycles. The molecule has 530 valence electrons. The van der Waals surface area contributed by atoms with Crippen molar-refractivity contribution in [2.45, 2.75) is 62.7 Å². The van der Waals surface area contributed by atoms with E-state index < -0.39 is 142 Å². The van der Waals surface area contributed by atoms with Gasteiger partial charge in [0.25, 0.3) is 0 Å². The number of rotatable bonds is 20. The molecule has 0 amide bonds. The predicted molar refractivity (Wildman–Crippen MR) is 341 cm³/mol. The van der Waals surface area contributed by atoms with Gasteiger partial charge in [-0.15, -0.1) is 0 Å². The van der Waals surface area contributed by atoms with Gasteiger partial charge in [0.15, 0.2) is 65.1 Å². The Morgan fingerprint density at radius 1 is 0.520 bits per heavy atom. The van der Waals surface area contributed by atoms with Crippen LogP contribution in [0.25, 0.3) is 33.5 Å². The van der Waals surface area contributed by atoms with Gasteiger partial charge >= 0.3 is 49.9 Å². The van der Waals surface area contributed by atoms with Crippen molar-refractivity contribution in [3.63, 3.8) is 0 Å². The van der Waals surface area contributed by atoms with Crippen molar-refractivity contribution in [2.24, 2.45) is 17.8 Å². The smallest absolute Gasteiger partial charge is 0.358 e. The predicted octanol–water partition coefficient (Wildman–Crippen LogP) is 1.77. The summed E-state index contributed by atoms with van der Waals surface area (Å²) in [6, 6.07) is 16.5. The summed E-state index contributed by atoms with van der Waals surface area (Å²) in [5.41, 5.74) is 19.6. The molecule has 21 N–H and O–H groups in total. The maximum atomic E-state index is 13.2. The van der Waals surface area contributed by atoms with Crippen LogP contribution >= 0.6 is 38.0 Å². The van der Waals surface area contributed by atoms with E-state index in [4.69, 9.17) is 60.5 Å². The summed E-state index contributed by atoms with van der Waals surface area (Å²) < 4.78 is 94.6. The van der Waals surface area contributed by atoms with Crippen molar-refractivity contribution in [1.82, 2.24) is 64.7 Å². The third-order valence-electron chi connectivity index (χ3n) is 14.4. The second-order valence-electron chi connectivity index (χ2n) is 21.1. The van der Waals surface area contributed by atoms with Crippen molar-refractivity contribution >= 4 is 101 Å². The highest BCUT2D eigenvalue weighted by molar-refractivity contribution is 7.75. The first kappa shape index (κ1) is 77.5. The van der Waals surface area contributed by atoms with Crippen molar-refractivity contribution in [3.8, 4) is 0 Å². The van der Waals surface area contributed by atoms with Crippen LogP contribution in [0.15, 0.2) is 134 Å². The summed E-state index contributed by atoms with van der Waals surface area (Å²) in [5.74, 6) is -3.42. The van der Waals surface area contributed by atoms with Crippen LogP contribution in [0.3, 0.4) is 0 Å². The fourth-order valence-corrected chi connectivity index (χ4v) is 15.5. The number of aromatic nitrogens is 12. The van der Waals surface area contributed by atoms with Gasteiger partial charge in [-0.2, -0.15) is 0 Å². The molecular weight excluding hydrogens is 1400 g/mol. The number of fused-ring (bicyclic) bond motifs is 3. The molecular formula is C52H67N16O25P5. The molecule has 11 rings (SSSR count). The minimum Gasteiger partial charge on any atom is -0.462 e. The summed E-state index contributed by atoms with van der Waals surface area (Å²) in [5, 5.41) is 40.1. The summed E-state index contributed by atoms with van der Waals surface area (Å²) in [4.78, 5) is 136. The normalized spacial score (nSPS) is 24.7. The van der Waals surface area contributed by atoms with E-state index in [9.17, 15) is 72.4 Å². The van der Waals surface area contributed by atoms with Gasteiger partial charge in [0.1, 0.15) is 54.3 Å². The van der Waals surface area contributed by atoms with Crippen LogP contribution in [0.1, 0.15) is 46.8 Å². The van der Waals surface area contributed by atoms with Crippen LogP contribution < -0.4 is 23.4 Å². The zero-order valence-electron chi connectivity index (χ0n) is 49.7. The Hall–Kier alpha value is -7.88. The maximum Gasteiger partial charge on any atom is 0.358 e. The van der Waals surface area contributed by atoms with E-state index in [0.29, 0.717) is 34.2 Å². The summed E-state index contributed by atoms with van der Waals surface area (Å²) in [6.07, 6.45) is 1.01. The molecule has 3 saturated heterocycles. The number of hydrogen-bond acceptors (Lipinski definition) is 30. The van der Waals surface area contributed by atoms with Crippen molar-refractivity contribution in [3.05, 3.63) is 145 Å². The Kier molecular flexibility index (Phi) is 25.3. The molecule has 3 fully saturated rings. The molecule has 0 spiro atoms. The van der Waals surface area contributed by atoms with Crippen LogP contribution in [0.2, 0.25) is 0 Å². The second-order valence-corrected chi connectivity index (χ2v) is 29.8. The van der Waals surface area contributed by atoms with Crippen LogP contribution in [-0.2, 0) is 50.8 Å². The number of benzene rings is 2. The van der Waals surface area contributed by atoms with E-state index in [1.54, 1.807) is 60.7 Å². The summed E-state index contributed by atoms with van der Waals surface area (Å²) >= 11 is 0. The molecule has 2 unspecified atom stereocenters. The van der Waals surface area contributed by atoms with Crippen molar-refractivity contribution < 1.29 is 120 Å². The largest absolute Gasteiger partial charge is 0.462 e. The van der Waals surface area contributed by atoms with Crippen LogP contribution in [0.4, 0.5) is 17.5 Å². The number of anilines is 3. The maximum absolute atomic E-state index is 13.2. The van der Waals surface area contributed by atoms with Gasteiger partial charge in [-0.05, 0) is 42.5 Å². The number of carbonyl (C=O) groups excluding carboxylic acids is 2. The highest BCUT2D eigenvalue weighted by Crippen LogP contribution is 2.65. The SMILES string of the molecule is C.N.Nc1ncnc2c1ncn2[C@@H]1O[C@H](/C=C/P(=O)(O)O)[C@@H](CO)[C@H]1O.Nc1ncnc2c1ncn2[C@@H]1O[C@H](/C=C/P(=O)(O)O)[C@@H](COC(=O)c2ccccc2)[C@H]1OC(=O)c1ccccc1.Nc1ncnc2c1ncn2[C@@H]1O[C@H](/C=C/P(=O)(O)OP(=O)(O)CP(=O)(O)O)[C@@H](CO)[C@H]1O. The molecule has 2 aromatic carbocycles. The zero-order chi connectivity index (χ0) is 69.7. The van der Waals surface area contributed by atoms with Crippen LogP contribution in [0, 0.1) is 17.8 Å². The first-order valence-corrected chi connectivity index (χ1v) is 36.2. The lowest BCUT2D eigenvalue weighted by Crippen LogP contribution is -2.35. The number of imidazole rings is 3. The number of nitrogens with zero attached hydrogens (tertiary/aromatic N) is 12. The van der Waals surface area contributed by atoms with Gasteiger partial charge < -0.3 is 107 Å². The van der Waals surface area contributed by atoms with Gasteiger partial charge in [-0.25, -0.2) is 58.8 Å². The number of nitrogen functional groups attached to an aromatic ring is 3. The van der Waals surface area contributed by atoms with Crippen LogP contribution in [-0.4, -0.2) is 192 Å². The Labute approximate surface area is 552 Å². The van der Waals surface area contributed by atoms with Gasteiger partial charge in [0.05, 0.1) is 67.6 Å². The fraction of sp³-hybridized carbons (Fsp3) is 0.327. The van der Waals surface area contributed by atoms with Crippen molar-refractivity contribution in [2.75, 3.05) is 42.9 Å². The molecule has 6 aromatic heterocycles. The molecule has 3 aliphatic heterocycles. The third kappa shape index (κ3) is 18.9. The highest BCUT2D eigenvalue weighted by atomic mass is 31.3. The molecule has 0 bridgehead atoms. The third-order valence-corrected chi connectivity index (χ3v) is 20.9. The Morgan fingerprint density at radius 2 is 0.888 bits per heavy atom. The molecule has 41 nitrogen and oxygen atoms in total. The minimum atomic E-state index is -5.12. The number of hydrogen-bond donors (Lipinski definition) is 16. The molecule has 0 aliphatic carbocycles. The molecule has 46 heteroatoms. The van der Waals surface area contributed by atoms with Gasteiger partial charge in [-0.3, -0.25) is 36.5 Å². The molecule has 0 saturated carbocycles. The number of aliphatic hydroxyl groups excluding tert-OH is 4. The quantitative estimate of drug-likeness (QED) is 0.0382. The lowest BCUT2D eigenvalue weighted by Gasteiger charge is -2.24. The lowest BCUT2D eigenvalue weighted by molar-refractivity contribution is -0.0408. The van der Waals surface area contributed by atoms with Gasteiger partial charge in [0.2, 0.25) is 0 Å². The number of carbonyl (C=O) groups is 2. The molecule has 14 atom stereocenters. The lowest BCUT2D eigenvalue weighted by atomic mass is 9.98. The Bertz CT molecular complexity index is 4440.